The number of rotatable bonds is 9. The van der Waals surface area contributed by atoms with Crippen molar-refractivity contribution in [2.45, 2.75) is 31.8 Å². The Labute approximate surface area is 136 Å². The first-order valence-electron chi connectivity index (χ1n) is 7.25. The average molecular weight is 354 g/mol. The number of halogens is 1. The molecule has 0 aromatic heterocycles. The molecule has 0 fully saturated rings. The summed E-state index contributed by atoms with van der Waals surface area (Å²) in [5.74, 6) is 0. The van der Waals surface area contributed by atoms with Gasteiger partial charge in [0, 0.05) is 37.1 Å². The molecule has 116 valence electrons. The van der Waals surface area contributed by atoms with Crippen LogP contribution in [0.15, 0.2) is 28.7 Å². The molecule has 0 spiro atoms. The topological polar surface area (TPSA) is 62.3 Å². The van der Waals surface area contributed by atoms with Crippen molar-refractivity contribution in [3.8, 4) is 6.07 Å². The number of methoxy groups -OCH3 is 1. The Kier molecular flexibility index (Phi) is 8.55. The monoisotopic (exact) mass is 353 g/mol. The number of benzene rings is 1. The highest BCUT2D eigenvalue weighted by molar-refractivity contribution is 9.10. The van der Waals surface area contributed by atoms with E-state index in [1.165, 1.54) is 5.56 Å². The molecular formula is C16H24BrN3O. The molecule has 0 saturated carbocycles. The van der Waals surface area contributed by atoms with Gasteiger partial charge in [-0.1, -0.05) is 35.0 Å². The number of ether oxygens (including phenoxy) is 1. The smallest absolute Gasteiger partial charge is 0.0635 e. The predicted octanol–water partition coefficient (Wildman–Crippen LogP) is 3.09. The van der Waals surface area contributed by atoms with Crippen molar-refractivity contribution in [2.75, 3.05) is 26.8 Å². The first-order chi connectivity index (χ1) is 10.1. The molecule has 1 aromatic rings. The van der Waals surface area contributed by atoms with Crippen LogP contribution < -0.4 is 5.73 Å². The van der Waals surface area contributed by atoms with E-state index in [9.17, 15) is 0 Å². The lowest BCUT2D eigenvalue weighted by Gasteiger charge is -2.35. The fraction of sp³-hybridized carbons (Fsp3) is 0.562. The maximum absolute atomic E-state index is 8.89. The maximum Gasteiger partial charge on any atom is 0.0635 e. The number of nitrogens with two attached hydrogens (primary N) is 1. The Bertz CT molecular complexity index is 461. The molecule has 1 rings (SSSR count). The summed E-state index contributed by atoms with van der Waals surface area (Å²) >= 11 is 3.52. The van der Waals surface area contributed by atoms with Gasteiger partial charge in [-0.3, -0.25) is 4.90 Å². The Balaban J connectivity index is 3.03. The van der Waals surface area contributed by atoms with Crippen molar-refractivity contribution in [3.63, 3.8) is 0 Å². The maximum atomic E-state index is 8.89. The van der Waals surface area contributed by atoms with Crippen LogP contribution in [0.2, 0.25) is 0 Å². The molecular weight excluding hydrogens is 330 g/mol. The summed E-state index contributed by atoms with van der Waals surface area (Å²) in [7, 11) is 1.69. The second kappa shape index (κ2) is 9.91. The Morgan fingerprint density at radius 1 is 1.43 bits per heavy atom. The van der Waals surface area contributed by atoms with Gasteiger partial charge in [-0.25, -0.2) is 0 Å². The van der Waals surface area contributed by atoms with E-state index in [1.807, 2.05) is 12.1 Å². The molecule has 0 aliphatic rings. The highest BCUT2D eigenvalue weighted by atomic mass is 79.9. The minimum absolute atomic E-state index is 0.0230. The van der Waals surface area contributed by atoms with Crippen LogP contribution in [0.3, 0.4) is 0 Å². The highest BCUT2D eigenvalue weighted by Gasteiger charge is 2.25. The number of nitrogens with zero attached hydrogens (tertiary/aromatic N) is 2. The Morgan fingerprint density at radius 3 is 2.76 bits per heavy atom. The molecule has 2 N–H and O–H groups in total. The molecule has 2 atom stereocenters. The van der Waals surface area contributed by atoms with Crippen LogP contribution in [-0.2, 0) is 4.74 Å². The lowest BCUT2D eigenvalue weighted by atomic mass is 9.96. The fourth-order valence-electron chi connectivity index (χ4n) is 2.43. The van der Waals surface area contributed by atoms with Gasteiger partial charge in [0.2, 0.25) is 0 Å². The van der Waals surface area contributed by atoms with E-state index < -0.39 is 0 Å². The summed E-state index contributed by atoms with van der Waals surface area (Å²) in [4.78, 5) is 2.25. The van der Waals surface area contributed by atoms with Gasteiger partial charge in [0.15, 0.2) is 0 Å². The number of hydrogen-bond acceptors (Lipinski definition) is 4. The van der Waals surface area contributed by atoms with Crippen LogP contribution in [-0.4, -0.2) is 37.7 Å². The fourth-order valence-corrected chi connectivity index (χ4v) is 2.85. The van der Waals surface area contributed by atoms with Crippen LogP contribution >= 0.6 is 15.9 Å². The van der Waals surface area contributed by atoms with Gasteiger partial charge in [-0.15, -0.1) is 0 Å². The third kappa shape index (κ3) is 5.76. The minimum atomic E-state index is 0.0230. The van der Waals surface area contributed by atoms with E-state index in [1.54, 1.807) is 7.11 Å². The molecule has 0 heterocycles. The van der Waals surface area contributed by atoms with Crippen LogP contribution in [0.5, 0.6) is 0 Å². The minimum Gasteiger partial charge on any atom is -0.383 e. The second-order valence-electron chi connectivity index (χ2n) is 5.01. The lowest BCUT2D eigenvalue weighted by Crippen LogP contribution is -2.42. The largest absolute Gasteiger partial charge is 0.383 e. The van der Waals surface area contributed by atoms with Crippen LogP contribution in [0, 0.1) is 11.3 Å². The van der Waals surface area contributed by atoms with E-state index in [-0.39, 0.29) is 12.1 Å². The summed E-state index contributed by atoms with van der Waals surface area (Å²) in [5, 5.41) is 8.89. The number of hydrogen-bond donors (Lipinski definition) is 1. The average Bonchev–Trinajstić information content (AvgIpc) is 2.49. The van der Waals surface area contributed by atoms with Crippen LogP contribution in [0.25, 0.3) is 0 Å². The van der Waals surface area contributed by atoms with E-state index in [0.29, 0.717) is 19.6 Å². The zero-order valence-corrected chi connectivity index (χ0v) is 14.3. The molecule has 0 bridgehead atoms. The van der Waals surface area contributed by atoms with Crippen molar-refractivity contribution >= 4 is 15.9 Å². The zero-order chi connectivity index (χ0) is 15.7. The third-order valence-electron chi connectivity index (χ3n) is 3.55. The van der Waals surface area contributed by atoms with Gasteiger partial charge in [0.1, 0.15) is 0 Å². The van der Waals surface area contributed by atoms with Crippen molar-refractivity contribution < 1.29 is 4.74 Å². The normalized spacial score (nSPS) is 13.9. The molecule has 0 amide bonds. The molecule has 5 heteroatoms. The Hall–Kier alpha value is -0.930. The van der Waals surface area contributed by atoms with Gasteiger partial charge in [-0.2, -0.15) is 5.26 Å². The number of nitriles is 1. The van der Waals surface area contributed by atoms with E-state index in [4.69, 9.17) is 15.7 Å². The summed E-state index contributed by atoms with van der Waals surface area (Å²) in [6.45, 7) is 4.19. The quantitative estimate of drug-likeness (QED) is 0.740. The van der Waals surface area contributed by atoms with Gasteiger partial charge >= 0.3 is 0 Å². The first kappa shape index (κ1) is 18.1. The van der Waals surface area contributed by atoms with Crippen LogP contribution in [0.1, 0.15) is 31.4 Å². The molecule has 1 aromatic carbocycles. The SMILES string of the molecule is CCC(N)C(c1cccc(Br)c1)N(CCC#N)CCOC. The first-order valence-corrected chi connectivity index (χ1v) is 8.04. The van der Waals surface area contributed by atoms with Gasteiger partial charge in [0.05, 0.1) is 18.7 Å². The van der Waals surface area contributed by atoms with E-state index in [0.717, 1.165) is 17.4 Å². The molecule has 0 saturated heterocycles. The Morgan fingerprint density at radius 2 is 2.19 bits per heavy atom. The van der Waals surface area contributed by atoms with Crippen molar-refractivity contribution in [1.29, 1.82) is 5.26 Å². The molecule has 0 aliphatic carbocycles. The summed E-state index contributed by atoms with van der Waals surface area (Å²) < 4.78 is 6.24. The summed E-state index contributed by atoms with van der Waals surface area (Å²) in [5.41, 5.74) is 7.54. The lowest BCUT2D eigenvalue weighted by molar-refractivity contribution is 0.109. The van der Waals surface area contributed by atoms with Gasteiger partial charge < -0.3 is 10.5 Å². The summed E-state index contributed by atoms with van der Waals surface area (Å²) in [6, 6.07) is 10.6. The van der Waals surface area contributed by atoms with Crippen LogP contribution in [0.4, 0.5) is 0 Å². The molecule has 4 nitrogen and oxygen atoms in total. The third-order valence-corrected chi connectivity index (χ3v) is 4.05. The van der Waals surface area contributed by atoms with E-state index >= 15 is 0 Å². The predicted molar refractivity (Wildman–Crippen MR) is 88.8 cm³/mol. The molecule has 2 unspecified atom stereocenters. The van der Waals surface area contributed by atoms with Gasteiger partial charge in [-0.05, 0) is 24.1 Å². The second-order valence-corrected chi connectivity index (χ2v) is 5.92. The zero-order valence-electron chi connectivity index (χ0n) is 12.8. The summed E-state index contributed by atoms with van der Waals surface area (Å²) in [6.07, 6.45) is 1.37. The van der Waals surface area contributed by atoms with E-state index in [2.05, 4.69) is 46.0 Å². The van der Waals surface area contributed by atoms with Crippen molar-refractivity contribution in [1.82, 2.24) is 4.90 Å². The van der Waals surface area contributed by atoms with Crippen molar-refractivity contribution in [3.05, 3.63) is 34.3 Å². The van der Waals surface area contributed by atoms with Gasteiger partial charge in [0.25, 0.3) is 0 Å². The molecule has 0 radical (unpaired) electrons. The van der Waals surface area contributed by atoms with Crippen molar-refractivity contribution in [2.24, 2.45) is 5.73 Å². The standard InChI is InChI=1S/C16H24BrN3O/c1-3-15(19)16(13-6-4-7-14(17)12-13)20(9-5-8-18)10-11-21-2/h4,6-7,12,15-16H,3,5,9-11,19H2,1-2H3. The highest BCUT2D eigenvalue weighted by Crippen LogP contribution is 2.27. The molecule has 21 heavy (non-hydrogen) atoms. The molecule has 0 aliphatic heterocycles.